The number of benzene rings is 1. The first-order chi connectivity index (χ1) is 12.5. The van der Waals surface area contributed by atoms with Gasteiger partial charge in [0, 0.05) is 36.6 Å². The summed E-state index contributed by atoms with van der Waals surface area (Å²) in [7, 11) is 1.38. The lowest BCUT2D eigenvalue weighted by Gasteiger charge is -2.30. The molecule has 1 aromatic rings. The van der Waals surface area contributed by atoms with Crippen LogP contribution >= 0.6 is 11.6 Å². The van der Waals surface area contributed by atoms with Crippen LogP contribution in [0.15, 0.2) is 12.1 Å². The molecule has 1 aromatic carbocycles. The third-order valence-corrected chi connectivity index (χ3v) is 5.12. The average Bonchev–Trinajstić information content (AvgIpc) is 3.09. The molecule has 0 unspecified atom stereocenters. The van der Waals surface area contributed by atoms with Gasteiger partial charge in [0.2, 0.25) is 0 Å². The minimum absolute atomic E-state index is 0.364. The highest BCUT2D eigenvalue weighted by atomic mass is 35.5. The molecular formula is C20H30ClNO4. The van der Waals surface area contributed by atoms with E-state index in [2.05, 4.69) is 18.7 Å². The fourth-order valence-electron chi connectivity index (χ4n) is 3.59. The second-order valence-electron chi connectivity index (χ2n) is 6.63. The molecule has 26 heavy (non-hydrogen) atoms. The fourth-order valence-corrected chi connectivity index (χ4v) is 3.81. The van der Waals surface area contributed by atoms with E-state index in [9.17, 15) is 4.79 Å². The lowest BCUT2D eigenvalue weighted by molar-refractivity contribution is -0.167. The Balaban J connectivity index is 2.11. The Labute approximate surface area is 161 Å². The zero-order chi connectivity index (χ0) is 19.2. The number of hydrogen-bond donors (Lipinski definition) is 0. The van der Waals surface area contributed by atoms with Gasteiger partial charge >= 0.3 is 5.97 Å². The van der Waals surface area contributed by atoms with Crippen molar-refractivity contribution in [1.29, 1.82) is 0 Å². The zero-order valence-electron chi connectivity index (χ0n) is 16.3. The Bertz CT molecular complexity index is 614. The molecule has 1 fully saturated rings. The summed E-state index contributed by atoms with van der Waals surface area (Å²) in [6, 6.07) is 3.58. The molecule has 0 N–H and O–H groups in total. The SMILES string of the molecule is CCCC1(CCCN(CC)c2cc(Cl)cc(C(=O)OC)c2C)OCCO1. The molecule has 0 spiro atoms. The molecule has 0 atom stereocenters. The highest BCUT2D eigenvalue weighted by molar-refractivity contribution is 6.31. The van der Waals surface area contributed by atoms with Crippen LogP contribution in [0.4, 0.5) is 5.69 Å². The first-order valence-corrected chi connectivity index (χ1v) is 9.75. The fraction of sp³-hybridized carbons (Fsp3) is 0.650. The number of ether oxygens (including phenoxy) is 3. The van der Waals surface area contributed by atoms with E-state index in [0.717, 1.165) is 50.0 Å². The number of carbonyl (C=O) groups is 1. The van der Waals surface area contributed by atoms with Crippen molar-refractivity contribution in [1.82, 2.24) is 0 Å². The minimum Gasteiger partial charge on any atom is -0.465 e. The molecule has 1 aliphatic rings. The number of nitrogens with zero attached hydrogens (tertiary/aromatic N) is 1. The maximum absolute atomic E-state index is 12.0. The highest BCUT2D eigenvalue weighted by Crippen LogP contribution is 2.32. The number of carbonyl (C=O) groups excluding carboxylic acids is 1. The third-order valence-electron chi connectivity index (χ3n) is 4.90. The zero-order valence-corrected chi connectivity index (χ0v) is 17.0. The molecule has 1 heterocycles. The average molecular weight is 384 g/mol. The summed E-state index contributed by atoms with van der Waals surface area (Å²) in [5.41, 5.74) is 2.37. The molecule has 0 aromatic heterocycles. The van der Waals surface area contributed by atoms with Crippen molar-refractivity contribution in [3.8, 4) is 0 Å². The quantitative estimate of drug-likeness (QED) is 0.584. The lowest BCUT2D eigenvalue weighted by Crippen LogP contribution is -2.32. The van der Waals surface area contributed by atoms with E-state index in [1.54, 1.807) is 6.07 Å². The van der Waals surface area contributed by atoms with Crippen LogP contribution in [0.25, 0.3) is 0 Å². The van der Waals surface area contributed by atoms with Crippen molar-refractivity contribution in [2.24, 2.45) is 0 Å². The van der Waals surface area contributed by atoms with Crippen molar-refractivity contribution in [3.05, 3.63) is 28.3 Å². The molecule has 1 saturated heterocycles. The molecule has 146 valence electrons. The minimum atomic E-state index is -0.422. The van der Waals surface area contributed by atoms with Crippen LogP contribution in [0.1, 0.15) is 55.5 Å². The second-order valence-corrected chi connectivity index (χ2v) is 7.07. The summed E-state index contributed by atoms with van der Waals surface area (Å²) in [5.74, 6) is -0.786. The van der Waals surface area contributed by atoms with Crippen molar-refractivity contribution in [3.63, 3.8) is 0 Å². The van der Waals surface area contributed by atoms with Gasteiger partial charge in [-0.15, -0.1) is 0 Å². The molecule has 1 aliphatic heterocycles. The van der Waals surface area contributed by atoms with Crippen molar-refractivity contribution < 1.29 is 19.0 Å². The van der Waals surface area contributed by atoms with Crippen LogP contribution in [-0.4, -0.2) is 45.2 Å². The van der Waals surface area contributed by atoms with Gasteiger partial charge in [0.1, 0.15) is 0 Å². The lowest BCUT2D eigenvalue weighted by atomic mass is 10.0. The maximum Gasteiger partial charge on any atom is 0.338 e. The van der Waals surface area contributed by atoms with Crippen LogP contribution in [0.2, 0.25) is 5.02 Å². The second kappa shape index (κ2) is 9.58. The van der Waals surface area contributed by atoms with Crippen LogP contribution in [-0.2, 0) is 14.2 Å². The van der Waals surface area contributed by atoms with E-state index in [0.29, 0.717) is 23.8 Å². The number of methoxy groups -OCH3 is 1. The summed E-state index contributed by atoms with van der Waals surface area (Å²) >= 11 is 6.25. The Hall–Kier alpha value is -1.30. The summed E-state index contributed by atoms with van der Waals surface area (Å²) in [6.07, 6.45) is 3.75. The first-order valence-electron chi connectivity index (χ1n) is 9.37. The molecule has 2 rings (SSSR count). The summed E-state index contributed by atoms with van der Waals surface area (Å²) in [5, 5.41) is 0.536. The van der Waals surface area contributed by atoms with Crippen LogP contribution in [0.5, 0.6) is 0 Å². The predicted molar refractivity (Wildman–Crippen MR) is 104 cm³/mol. The van der Waals surface area contributed by atoms with E-state index >= 15 is 0 Å². The van der Waals surface area contributed by atoms with Crippen molar-refractivity contribution in [2.45, 2.75) is 52.2 Å². The molecule has 5 nitrogen and oxygen atoms in total. The Morgan fingerprint density at radius 2 is 1.96 bits per heavy atom. The van der Waals surface area contributed by atoms with E-state index in [1.807, 2.05) is 13.0 Å². The van der Waals surface area contributed by atoms with Crippen molar-refractivity contribution >= 4 is 23.3 Å². The van der Waals surface area contributed by atoms with E-state index < -0.39 is 5.79 Å². The first kappa shape index (κ1) is 21.0. The number of rotatable bonds is 9. The predicted octanol–water partition coefficient (Wildman–Crippen LogP) is 4.58. The molecule has 0 amide bonds. The highest BCUT2D eigenvalue weighted by Gasteiger charge is 2.35. The van der Waals surface area contributed by atoms with Crippen LogP contribution < -0.4 is 4.90 Å². The smallest absolute Gasteiger partial charge is 0.338 e. The molecule has 0 saturated carbocycles. The number of esters is 1. The van der Waals surface area contributed by atoms with Gasteiger partial charge in [-0.2, -0.15) is 0 Å². The monoisotopic (exact) mass is 383 g/mol. The van der Waals surface area contributed by atoms with Gasteiger partial charge in [-0.3, -0.25) is 0 Å². The van der Waals surface area contributed by atoms with Gasteiger partial charge in [0.15, 0.2) is 5.79 Å². The van der Waals surface area contributed by atoms with Gasteiger partial charge in [-0.05, 0) is 38.0 Å². The van der Waals surface area contributed by atoms with Gasteiger partial charge in [-0.1, -0.05) is 24.9 Å². The maximum atomic E-state index is 12.0. The summed E-state index contributed by atoms with van der Waals surface area (Å²) in [4.78, 5) is 14.3. The van der Waals surface area contributed by atoms with Crippen molar-refractivity contribution in [2.75, 3.05) is 38.3 Å². The van der Waals surface area contributed by atoms with Gasteiger partial charge in [-0.25, -0.2) is 4.79 Å². The largest absolute Gasteiger partial charge is 0.465 e. The summed E-state index contributed by atoms with van der Waals surface area (Å²) in [6.45, 7) is 9.20. The van der Waals surface area contributed by atoms with E-state index in [-0.39, 0.29) is 5.97 Å². The Kier molecular flexibility index (Phi) is 7.74. The normalized spacial score (nSPS) is 15.9. The van der Waals surface area contributed by atoms with E-state index in [1.165, 1.54) is 7.11 Å². The molecule has 0 bridgehead atoms. The Morgan fingerprint density at radius 3 is 2.54 bits per heavy atom. The molecule has 0 aliphatic carbocycles. The van der Waals surface area contributed by atoms with Gasteiger partial charge in [0.25, 0.3) is 0 Å². The van der Waals surface area contributed by atoms with Crippen LogP contribution in [0, 0.1) is 6.92 Å². The molecular weight excluding hydrogens is 354 g/mol. The topological polar surface area (TPSA) is 48.0 Å². The van der Waals surface area contributed by atoms with Gasteiger partial charge in [0.05, 0.1) is 25.9 Å². The number of anilines is 1. The van der Waals surface area contributed by atoms with Crippen LogP contribution in [0.3, 0.4) is 0 Å². The number of hydrogen-bond acceptors (Lipinski definition) is 5. The molecule has 6 heteroatoms. The van der Waals surface area contributed by atoms with E-state index in [4.69, 9.17) is 25.8 Å². The Morgan fingerprint density at radius 1 is 1.27 bits per heavy atom. The number of halogens is 1. The summed E-state index contributed by atoms with van der Waals surface area (Å²) < 4.78 is 16.7. The molecule has 0 radical (unpaired) electrons. The van der Waals surface area contributed by atoms with Gasteiger partial charge < -0.3 is 19.1 Å². The third kappa shape index (κ3) is 4.90. The standard InChI is InChI=1S/C20H30ClNO4/c1-5-8-20(25-11-12-26-20)9-7-10-22(6-2)18-14-16(21)13-17(15(18)3)19(23)24-4/h13-14H,5-12H2,1-4H3.